The summed E-state index contributed by atoms with van der Waals surface area (Å²) in [5.74, 6) is 0. The van der Waals surface area contributed by atoms with Crippen molar-refractivity contribution in [2.75, 3.05) is 6.54 Å². The molecule has 0 fully saturated rings. The lowest BCUT2D eigenvalue weighted by molar-refractivity contribution is 0.547. The molecular weight excluding hydrogens is 336 g/mol. The molecule has 4 heteroatoms. The predicted molar refractivity (Wildman–Crippen MR) is 88.2 cm³/mol. The Morgan fingerprint density at radius 2 is 2.15 bits per heavy atom. The molecule has 106 valence electrons. The highest BCUT2D eigenvalue weighted by atomic mass is 79.9. The summed E-state index contributed by atoms with van der Waals surface area (Å²) in [6.45, 7) is 5.12. The number of pyridine rings is 1. The zero-order valence-electron chi connectivity index (χ0n) is 11.7. The lowest BCUT2D eigenvalue weighted by Crippen LogP contribution is -2.23. The van der Waals surface area contributed by atoms with E-state index in [0.29, 0.717) is 0 Å². The molecule has 0 aliphatic carbocycles. The topological polar surface area (TPSA) is 24.9 Å². The van der Waals surface area contributed by atoms with Crippen LogP contribution in [-0.2, 0) is 6.42 Å². The number of rotatable bonds is 5. The van der Waals surface area contributed by atoms with Gasteiger partial charge in [0.25, 0.3) is 0 Å². The normalized spacial score (nSPS) is 12.4. The number of likely N-dealkylation sites (N-methyl/N-ethyl adjacent to an activating group) is 1. The Morgan fingerprint density at radius 3 is 2.80 bits per heavy atom. The summed E-state index contributed by atoms with van der Waals surface area (Å²) in [5, 5.41) is 4.25. The van der Waals surface area contributed by atoms with Gasteiger partial charge in [-0.3, -0.25) is 4.98 Å². The molecule has 0 aliphatic heterocycles. The molecular formula is C16H18BrClN2. The first-order valence-electron chi connectivity index (χ1n) is 6.69. The lowest BCUT2D eigenvalue weighted by Gasteiger charge is -2.20. The summed E-state index contributed by atoms with van der Waals surface area (Å²) in [7, 11) is 0. The van der Waals surface area contributed by atoms with Crippen LogP contribution in [0.2, 0.25) is 5.02 Å². The van der Waals surface area contributed by atoms with E-state index in [2.05, 4.69) is 58.3 Å². The van der Waals surface area contributed by atoms with E-state index in [1.165, 1.54) is 11.1 Å². The van der Waals surface area contributed by atoms with Crippen molar-refractivity contribution in [1.29, 1.82) is 0 Å². The average molecular weight is 354 g/mol. The van der Waals surface area contributed by atoms with Crippen molar-refractivity contribution < 1.29 is 0 Å². The fraction of sp³-hybridized carbons (Fsp3) is 0.312. The number of nitrogens with one attached hydrogen (secondary N) is 1. The van der Waals surface area contributed by atoms with Crippen LogP contribution in [0, 0.1) is 6.92 Å². The standard InChI is InChI=1S/C16H18BrClN2/c1-3-20-16(9-12-6-7-19-10-15(12)18)13-5-4-11(2)8-14(13)17/h4-8,10,16,20H,3,9H2,1-2H3. The molecule has 1 atom stereocenters. The first kappa shape index (κ1) is 15.5. The highest BCUT2D eigenvalue weighted by molar-refractivity contribution is 9.10. The Balaban J connectivity index is 2.29. The Labute approximate surface area is 133 Å². The van der Waals surface area contributed by atoms with Gasteiger partial charge < -0.3 is 5.32 Å². The van der Waals surface area contributed by atoms with Crippen LogP contribution < -0.4 is 5.32 Å². The van der Waals surface area contributed by atoms with Gasteiger partial charge >= 0.3 is 0 Å². The van der Waals surface area contributed by atoms with Gasteiger partial charge in [0.2, 0.25) is 0 Å². The van der Waals surface area contributed by atoms with Gasteiger partial charge in [0.15, 0.2) is 0 Å². The first-order chi connectivity index (χ1) is 9.61. The van der Waals surface area contributed by atoms with E-state index in [1.807, 2.05) is 6.07 Å². The van der Waals surface area contributed by atoms with Crippen molar-refractivity contribution in [3.05, 3.63) is 62.8 Å². The number of hydrogen-bond acceptors (Lipinski definition) is 2. The summed E-state index contributed by atoms with van der Waals surface area (Å²) in [6.07, 6.45) is 4.33. The van der Waals surface area contributed by atoms with E-state index in [-0.39, 0.29) is 6.04 Å². The van der Waals surface area contributed by atoms with Crippen LogP contribution in [-0.4, -0.2) is 11.5 Å². The third-order valence-electron chi connectivity index (χ3n) is 3.26. The molecule has 0 spiro atoms. The fourth-order valence-electron chi connectivity index (χ4n) is 2.24. The first-order valence-corrected chi connectivity index (χ1v) is 7.86. The number of aryl methyl sites for hydroxylation is 1. The smallest absolute Gasteiger partial charge is 0.0622 e. The minimum Gasteiger partial charge on any atom is -0.310 e. The Bertz CT molecular complexity index is 586. The summed E-state index contributed by atoms with van der Waals surface area (Å²) in [6, 6.07) is 8.66. The minimum absolute atomic E-state index is 0.231. The summed E-state index contributed by atoms with van der Waals surface area (Å²) >= 11 is 9.88. The molecule has 2 rings (SSSR count). The molecule has 1 unspecified atom stereocenters. The Hall–Kier alpha value is -0.900. The van der Waals surface area contributed by atoms with Gasteiger partial charge in [-0.15, -0.1) is 0 Å². The molecule has 2 nitrogen and oxygen atoms in total. The van der Waals surface area contributed by atoms with Gasteiger partial charge in [-0.25, -0.2) is 0 Å². The molecule has 1 aromatic carbocycles. The maximum absolute atomic E-state index is 6.22. The molecule has 0 bridgehead atoms. The van der Waals surface area contributed by atoms with Crippen LogP contribution in [0.4, 0.5) is 0 Å². The maximum atomic E-state index is 6.22. The largest absolute Gasteiger partial charge is 0.310 e. The summed E-state index contributed by atoms with van der Waals surface area (Å²) in [5.41, 5.74) is 3.61. The molecule has 1 N–H and O–H groups in total. The van der Waals surface area contributed by atoms with Crippen LogP contribution in [0.25, 0.3) is 0 Å². The van der Waals surface area contributed by atoms with Crippen molar-refractivity contribution in [1.82, 2.24) is 10.3 Å². The molecule has 0 saturated heterocycles. The second kappa shape index (κ2) is 7.21. The number of nitrogens with zero attached hydrogens (tertiary/aromatic N) is 1. The van der Waals surface area contributed by atoms with Gasteiger partial charge in [0, 0.05) is 22.9 Å². The maximum Gasteiger partial charge on any atom is 0.0622 e. The van der Waals surface area contributed by atoms with Crippen molar-refractivity contribution >= 4 is 27.5 Å². The molecule has 2 aromatic rings. The van der Waals surface area contributed by atoms with E-state index < -0.39 is 0 Å². The third-order valence-corrected chi connectivity index (χ3v) is 4.29. The van der Waals surface area contributed by atoms with Gasteiger partial charge in [-0.1, -0.05) is 46.6 Å². The van der Waals surface area contributed by atoms with E-state index in [1.54, 1.807) is 12.4 Å². The molecule has 1 aromatic heterocycles. The van der Waals surface area contributed by atoms with Crippen molar-refractivity contribution in [2.45, 2.75) is 26.3 Å². The van der Waals surface area contributed by atoms with Crippen LogP contribution in [0.5, 0.6) is 0 Å². The second-order valence-electron chi connectivity index (χ2n) is 4.81. The van der Waals surface area contributed by atoms with Crippen LogP contribution in [0.1, 0.15) is 29.7 Å². The average Bonchev–Trinajstić information content (AvgIpc) is 2.41. The zero-order valence-corrected chi connectivity index (χ0v) is 14.0. The Morgan fingerprint density at radius 1 is 1.35 bits per heavy atom. The molecule has 0 radical (unpaired) electrons. The van der Waals surface area contributed by atoms with Crippen molar-refractivity contribution in [2.24, 2.45) is 0 Å². The third kappa shape index (κ3) is 3.81. The number of halogens is 2. The highest BCUT2D eigenvalue weighted by Gasteiger charge is 2.15. The summed E-state index contributed by atoms with van der Waals surface area (Å²) in [4.78, 5) is 4.04. The number of benzene rings is 1. The second-order valence-corrected chi connectivity index (χ2v) is 6.07. The van der Waals surface area contributed by atoms with E-state index in [4.69, 9.17) is 11.6 Å². The van der Waals surface area contributed by atoms with E-state index in [9.17, 15) is 0 Å². The molecule has 0 aliphatic rings. The van der Waals surface area contributed by atoms with E-state index in [0.717, 1.165) is 28.0 Å². The molecule has 1 heterocycles. The van der Waals surface area contributed by atoms with Gasteiger partial charge in [0.05, 0.1) is 5.02 Å². The van der Waals surface area contributed by atoms with Gasteiger partial charge in [0.1, 0.15) is 0 Å². The quantitative estimate of drug-likeness (QED) is 0.843. The van der Waals surface area contributed by atoms with E-state index >= 15 is 0 Å². The van der Waals surface area contributed by atoms with Crippen molar-refractivity contribution in [3.8, 4) is 0 Å². The minimum atomic E-state index is 0.231. The fourth-order valence-corrected chi connectivity index (χ4v) is 3.21. The monoisotopic (exact) mass is 352 g/mol. The molecule has 0 saturated carbocycles. The van der Waals surface area contributed by atoms with Crippen molar-refractivity contribution in [3.63, 3.8) is 0 Å². The lowest BCUT2D eigenvalue weighted by atomic mass is 9.98. The number of aromatic nitrogens is 1. The van der Waals surface area contributed by atoms with Crippen LogP contribution in [0.3, 0.4) is 0 Å². The van der Waals surface area contributed by atoms with Gasteiger partial charge in [-0.2, -0.15) is 0 Å². The molecule has 0 amide bonds. The van der Waals surface area contributed by atoms with Crippen LogP contribution >= 0.6 is 27.5 Å². The Kier molecular flexibility index (Phi) is 5.58. The highest BCUT2D eigenvalue weighted by Crippen LogP contribution is 2.28. The zero-order chi connectivity index (χ0) is 14.5. The van der Waals surface area contributed by atoms with Crippen LogP contribution in [0.15, 0.2) is 41.1 Å². The SMILES string of the molecule is CCNC(Cc1ccncc1Cl)c1ccc(C)cc1Br. The predicted octanol–water partition coefficient (Wildman–Crippen LogP) is 4.70. The van der Waals surface area contributed by atoms with Gasteiger partial charge in [-0.05, 0) is 48.7 Å². The summed E-state index contributed by atoms with van der Waals surface area (Å²) < 4.78 is 1.13. The molecule has 20 heavy (non-hydrogen) atoms. The number of hydrogen-bond donors (Lipinski definition) is 1.